The Bertz CT molecular complexity index is 532. The average molecular weight is 260 g/mol. The molecule has 1 atom stereocenters. The van der Waals surface area contributed by atoms with Crippen molar-refractivity contribution in [2.75, 3.05) is 18.8 Å². The van der Waals surface area contributed by atoms with Crippen molar-refractivity contribution < 1.29 is 17.9 Å². The van der Waals surface area contributed by atoms with Gasteiger partial charge in [-0.3, -0.25) is 0 Å². The van der Waals surface area contributed by atoms with E-state index >= 15 is 0 Å². The molecule has 0 spiro atoms. The summed E-state index contributed by atoms with van der Waals surface area (Å²) in [6, 6.07) is 3.38. The highest BCUT2D eigenvalue weighted by molar-refractivity contribution is 7.89. The number of rotatable bonds is 2. The summed E-state index contributed by atoms with van der Waals surface area (Å²) < 4.78 is 38.5. The minimum Gasteiger partial charge on any atom is -0.396 e. The van der Waals surface area contributed by atoms with Crippen molar-refractivity contribution in [3.8, 4) is 0 Å². The lowest BCUT2D eigenvalue weighted by Crippen LogP contribution is -2.29. The van der Waals surface area contributed by atoms with E-state index in [0.717, 1.165) is 10.4 Å². The van der Waals surface area contributed by atoms with Crippen LogP contribution in [0.25, 0.3) is 0 Å². The van der Waals surface area contributed by atoms with Gasteiger partial charge >= 0.3 is 0 Å². The Balaban J connectivity index is 2.35. The maximum absolute atomic E-state index is 13.2. The van der Waals surface area contributed by atoms with E-state index in [1.165, 1.54) is 12.1 Å². The molecule has 0 bridgehead atoms. The number of hydrogen-bond donors (Lipinski definition) is 2. The lowest BCUT2D eigenvalue weighted by Gasteiger charge is -2.15. The maximum atomic E-state index is 13.2. The van der Waals surface area contributed by atoms with Gasteiger partial charge in [0.1, 0.15) is 5.82 Å². The van der Waals surface area contributed by atoms with Gasteiger partial charge in [0.25, 0.3) is 0 Å². The molecule has 0 aromatic heterocycles. The van der Waals surface area contributed by atoms with Gasteiger partial charge in [-0.1, -0.05) is 0 Å². The van der Waals surface area contributed by atoms with Crippen molar-refractivity contribution in [1.82, 2.24) is 4.31 Å². The van der Waals surface area contributed by atoms with Crippen molar-refractivity contribution in [3.05, 3.63) is 24.0 Å². The first kappa shape index (κ1) is 12.3. The van der Waals surface area contributed by atoms with Crippen LogP contribution in [0.5, 0.6) is 0 Å². The van der Waals surface area contributed by atoms with Gasteiger partial charge in [-0.15, -0.1) is 0 Å². The van der Waals surface area contributed by atoms with E-state index in [4.69, 9.17) is 5.73 Å². The largest absolute Gasteiger partial charge is 0.396 e. The zero-order valence-electron chi connectivity index (χ0n) is 9.01. The molecule has 1 aromatic rings. The number of hydrogen-bond acceptors (Lipinski definition) is 4. The molecule has 94 valence electrons. The number of nitrogens with two attached hydrogens (primary N) is 1. The van der Waals surface area contributed by atoms with E-state index in [2.05, 4.69) is 0 Å². The van der Waals surface area contributed by atoms with Crippen LogP contribution in [0, 0.1) is 5.82 Å². The SMILES string of the molecule is Nc1ccc(S(=O)(=O)N2CC[C@H](O)C2)cc1F. The number of aliphatic hydroxyl groups is 1. The predicted octanol–water partition coefficient (Wildman–Crippen LogP) is 0.163. The van der Waals surface area contributed by atoms with Crippen LogP contribution in [0.2, 0.25) is 0 Å². The number of β-amino-alcohol motifs (C(OH)–C–C–N with tert-alkyl or cyclic N) is 1. The molecular formula is C10H13FN2O3S. The van der Waals surface area contributed by atoms with Crippen molar-refractivity contribution >= 4 is 15.7 Å². The van der Waals surface area contributed by atoms with Crippen LogP contribution >= 0.6 is 0 Å². The number of nitrogens with zero attached hydrogens (tertiary/aromatic N) is 1. The van der Waals surface area contributed by atoms with Crippen LogP contribution in [-0.2, 0) is 10.0 Å². The second kappa shape index (κ2) is 4.25. The Hall–Kier alpha value is -1.18. The summed E-state index contributed by atoms with van der Waals surface area (Å²) >= 11 is 0. The van der Waals surface area contributed by atoms with E-state index in [1.54, 1.807) is 0 Å². The summed E-state index contributed by atoms with van der Waals surface area (Å²) in [6.45, 7) is 0.295. The van der Waals surface area contributed by atoms with E-state index in [9.17, 15) is 17.9 Å². The quantitative estimate of drug-likeness (QED) is 0.742. The first-order valence-corrected chi connectivity index (χ1v) is 6.58. The fourth-order valence-corrected chi connectivity index (χ4v) is 3.25. The van der Waals surface area contributed by atoms with Gasteiger partial charge in [0.05, 0.1) is 16.7 Å². The summed E-state index contributed by atoms with van der Waals surface area (Å²) in [7, 11) is -3.73. The van der Waals surface area contributed by atoms with Crippen molar-refractivity contribution in [2.45, 2.75) is 17.4 Å². The number of nitrogen functional groups attached to an aromatic ring is 1. The van der Waals surface area contributed by atoms with Crippen LogP contribution < -0.4 is 5.73 Å². The molecule has 1 heterocycles. The zero-order valence-corrected chi connectivity index (χ0v) is 9.82. The van der Waals surface area contributed by atoms with Gasteiger partial charge in [-0.25, -0.2) is 12.8 Å². The fraction of sp³-hybridized carbons (Fsp3) is 0.400. The minimum absolute atomic E-state index is 0.0499. The highest BCUT2D eigenvalue weighted by Gasteiger charge is 2.31. The molecule has 1 aliphatic heterocycles. The van der Waals surface area contributed by atoms with Gasteiger partial charge in [-0.05, 0) is 24.6 Å². The molecule has 0 aliphatic carbocycles. The summed E-state index contributed by atoms with van der Waals surface area (Å²) in [6.07, 6.45) is -0.250. The lowest BCUT2D eigenvalue weighted by molar-refractivity contribution is 0.189. The maximum Gasteiger partial charge on any atom is 0.243 e. The van der Waals surface area contributed by atoms with E-state index < -0.39 is 21.9 Å². The summed E-state index contributed by atoms with van der Waals surface area (Å²) in [5, 5.41) is 9.31. The van der Waals surface area contributed by atoms with Gasteiger partial charge in [0.15, 0.2) is 0 Å². The standard InChI is InChI=1S/C10H13FN2O3S/c11-9-5-8(1-2-10(9)12)17(15,16)13-4-3-7(14)6-13/h1-2,5,7,14H,3-4,6,12H2/t7-/m0/s1. The molecular weight excluding hydrogens is 247 g/mol. The first-order valence-electron chi connectivity index (χ1n) is 5.14. The molecule has 1 aliphatic rings. The molecule has 1 aromatic carbocycles. The normalized spacial score (nSPS) is 21.9. The molecule has 0 unspecified atom stereocenters. The lowest BCUT2D eigenvalue weighted by atomic mass is 10.3. The molecule has 5 nitrogen and oxygen atoms in total. The van der Waals surface area contributed by atoms with Gasteiger partial charge in [-0.2, -0.15) is 4.31 Å². The van der Waals surface area contributed by atoms with Crippen LogP contribution in [0.1, 0.15) is 6.42 Å². The van der Waals surface area contributed by atoms with Gasteiger partial charge in [0.2, 0.25) is 10.0 Å². The molecule has 0 amide bonds. The molecule has 0 radical (unpaired) electrons. The second-order valence-corrected chi connectivity index (χ2v) is 5.93. The molecule has 0 saturated carbocycles. The first-order chi connectivity index (χ1) is 7.91. The minimum atomic E-state index is -3.73. The third-order valence-corrected chi connectivity index (χ3v) is 4.60. The third kappa shape index (κ3) is 2.26. The number of halogens is 1. The number of anilines is 1. The van der Waals surface area contributed by atoms with E-state index in [-0.39, 0.29) is 23.7 Å². The van der Waals surface area contributed by atoms with Crippen molar-refractivity contribution in [3.63, 3.8) is 0 Å². The Morgan fingerprint density at radius 1 is 1.47 bits per heavy atom. The predicted molar refractivity (Wildman–Crippen MR) is 60.2 cm³/mol. The molecule has 1 fully saturated rings. The molecule has 7 heteroatoms. The monoisotopic (exact) mass is 260 g/mol. The van der Waals surface area contributed by atoms with Crippen molar-refractivity contribution in [1.29, 1.82) is 0 Å². The van der Waals surface area contributed by atoms with E-state index in [0.29, 0.717) is 6.42 Å². The summed E-state index contributed by atoms with van der Waals surface area (Å²) in [5.41, 5.74) is 5.19. The topological polar surface area (TPSA) is 83.6 Å². The third-order valence-electron chi connectivity index (χ3n) is 2.74. The Kier molecular flexibility index (Phi) is 3.07. The van der Waals surface area contributed by atoms with Crippen LogP contribution in [0.4, 0.5) is 10.1 Å². The fourth-order valence-electron chi connectivity index (χ4n) is 1.75. The Labute approximate surface area is 98.7 Å². The number of benzene rings is 1. The van der Waals surface area contributed by atoms with Crippen LogP contribution in [-0.4, -0.2) is 37.0 Å². The highest BCUT2D eigenvalue weighted by atomic mass is 32.2. The van der Waals surface area contributed by atoms with Crippen molar-refractivity contribution in [2.24, 2.45) is 0 Å². The average Bonchev–Trinajstić information content (AvgIpc) is 2.69. The second-order valence-electron chi connectivity index (χ2n) is 3.99. The van der Waals surface area contributed by atoms with Crippen LogP contribution in [0.3, 0.4) is 0 Å². The Morgan fingerprint density at radius 3 is 2.71 bits per heavy atom. The molecule has 1 saturated heterocycles. The number of aliphatic hydroxyl groups excluding tert-OH is 1. The van der Waals surface area contributed by atoms with E-state index in [1.807, 2.05) is 0 Å². The van der Waals surface area contributed by atoms with Crippen LogP contribution in [0.15, 0.2) is 23.1 Å². The summed E-state index contributed by atoms with van der Waals surface area (Å²) in [4.78, 5) is -0.140. The Morgan fingerprint density at radius 2 is 2.18 bits per heavy atom. The summed E-state index contributed by atoms with van der Waals surface area (Å²) in [5.74, 6) is -0.758. The molecule has 17 heavy (non-hydrogen) atoms. The highest BCUT2D eigenvalue weighted by Crippen LogP contribution is 2.23. The molecule has 3 N–H and O–H groups in total. The molecule has 2 rings (SSSR count). The van der Waals surface area contributed by atoms with Gasteiger partial charge in [0, 0.05) is 13.1 Å². The smallest absolute Gasteiger partial charge is 0.243 e. The van der Waals surface area contributed by atoms with Gasteiger partial charge < -0.3 is 10.8 Å². The zero-order chi connectivity index (χ0) is 12.6. The number of sulfonamides is 1.